The van der Waals surface area contributed by atoms with Crippen LogP contribution in [0.5, 0.6) is 0 Å². The molecule has 0 bridgehead atoms. The molecular formula is C20H19I3O7S. The summed E-state index contributed by atoms with van der Waals surface area (Å²) in [5, 5.41) is 0. The van der Waals surface area contributed by atoms with Crippen LogP contribution >= 0.6 is 67.8 Å². The minimum absolute atomic E-state index is 0.123. The second kappa shape index (κ2) is 11.1. The van der Waals surface area contributed by atoms with Crippen LogP contribution in [0.2, 0.25) is 0 Å². The minimum Gasteiger partial charge on any atom is -0.458 e. The normalized spacial score (nSPS) is 11.5. The molecule has 0 aliphatic heterocycles. The summed E-state index contributed by atoms with van der Waals surface area (Å²) in [5.74, 6) is -1.42. The molecule has 0 aliphatic rings. The van der Waals surface area contributed by atoms with Crippen LogP contribution in [-0.4, -0.2) is 38.1 Å². The third kappa shape index (κ3) is 6.98. The van der Waals surface area contributed by atoms with Gasteiger partial charge in [0.1, 0.15) is 13.2 Å². The van der Waals surface area contributed by atoms with Gasteiger partial charge in [-0.3, -0.25) is 4.55 Å². The third-order valence-corrected chi connectivity index (χ3v) is 8.82. The Hall–Kier alpha value is -0.520. The van der Waals surface area contributed by atoms with Crippen molar-refractivity contribution in [3.8, 4) is 0 Å². The first-order valence-electron chi connectivity index (χ1n) is 8.93. The molecule has 0 radical (unpaired) electrons. The van der Waals surface area contributed by atoms with E-state index in [1.165, 1.54) is 12.1 Å². The first-order valence-corrected chi connectivity index (χ1v) is 13.6. The highest BCUT2D eigenvalue weighted by atomic mass is 127. The fourth-order valence-electron chi connectivity index (χ4n) is 2.72. The molecule has 168 valence electrons. The highest BCUT2D eigenvalue weighted by Crippen LogP contribution is 2.28. The standard InChI is InChI=1S/C20H19I3O7S/c1-10(2)13-9-14(11(3)6-17(13)31(26,27)28)19(24)29-4-5-30-20(25)15-7-12(21)8-16(22)18(15)23/h6-10H,4-5H2,1-3H3,(H,26,27,28). The molecule has 0 spiro atoms. The van der Waals surface area contributed by atoms with Crippen molar-refractivity contribution in [2.75, 3.05) is 13.2 Å². The summed E-state index contributed by atoms with van der Waals surface area (Å²) in [6, 6.07) is 6.34. The van der Waals surface area contributed by atoms with Crippen LogP contribution in [0, 0.1) is 17.6 Å². The average Bonchev–Trinajstić information content (AvgIpc) is 2.66. The van der Waals surface area contributed by atoms with Crippen LogP contribution in [0.25, 0.3) is 0 Å². The third-order valence-electron chi connectivity index (χ3n) is 4.24. The second-order valence-electron chi connectivity index (χ2n) is 6.86. The fourth-order valence-corrected chi connectivity index (χ4v) is 6.02. The number of aryl methyl sites for hydroxylation is 1. The monoisotopic (exact) mass is 784 g/mol. The van der Waals surface area contributed by atoms with Crippen LogP contribution in [0.3, 0.4) is 0 Å². The Morgan fingerprint density at radius 1 is 0.968 bits per heavy atom. The molecule has 0 atom stereocenters. The molecule has 2 aromatic carbocycles. The number of ether oxygens (including phenoxy) is 2. The molecule has 7 nitrogen and oxygen atoms in total. The summed E-state index contributed by atoms with van der Waals surface area (Å²) in [7, 11) is -4.42. The van der Waals surface area contributed by atoms with Crippen molar-refractivity contribution in [3.63, 3.8) is 0 Å². The molecule has 0 aliphatic carbocycles. The molecular weight excluding hydrogens is 765 g/mol. The maximum atomic E-state index is 12.5. The summed E-state index contributed by atoms with van der Waals surface area (Å²) in [4.78, 5) is 24.6. The van der Waals surface area contributed by atoms with Crippen LogP contribution < -0.4 is 0 Å². The van der Waals surface area contributed by atoms with Crippen LogP contribution in [-0.2, 0) is 19.6 Å². The smallest absolute Gasteiger partial charge is 0.339 e. The van der Waals surface area contributed by atoms with Crippen molar-refractivity contribution >= 4 is 89.8 Å². The number of benzene rings is 2. The van der Waals surface area contributed by atoms with Gasteiger partial charge in [0.25, 0.3) is 10.1 Å². The number of carbonyl (C=O) groups is 2. The molecule has 1 N–H and O–H groups in total. The number of hydrogen-bond donors (Lipinski definition) is 1. The number of halogens is 3. The molecule has 0 fully saturated rings. The van der Waals surface area contributed by atoms with Gasteiger partial charge in [0.05, 0.1) is 16.0 Å². The van der Waals surface area contributed by atoms with Crippen molar-refractivity contribution in [1.82, 2.24) is 0 Å². The van der Waals surface area contributed by atoms with E-state index < -0.39 is 22.1 Å². The van der Waals surface area contributed by atoms with Crippen LogP contribution in [0.4, 0.5) is 0 Å². The molecule has 0 saturated heterocycles. The summed E-state index contributed by atoms with van der Waals surface area (Å²) in [5.41, 5.74) is 1.29. The van der Waals surface area contributed by atoms with Crippen molar-refractivity contribution < 1.29 is 32.0 Å². The van der Waals surface area contributed by atoms with E-state index in [9.17, 15) is 22.6 Å². The lowest BCUT2D eigenvalue weighted by molar-refractivity contribution is 0.0264. The maximum Gasteiger partial charge on any atom is 0.339 e. The lowest BCUT2D eigenvalue weighted by Crippen LogP contribution is -2.16. The van der Waals surface area contributed by atoms with Crippen molar-refractivity contribution in [2.24, 2.45) is 0 Å². The Kier molecular flexibility index (Phi) is 9.54. The molecule has 11 heteroatoms. The van der Waals surface area contributed by atoms with E-state index in [0.717, 1.165) is 10.7 Å². The molecule has 2 aromatic rings. The molecule has 31 heavy (non-hydrogen) atoms. The zero-order valence-corrected chi connectivity index (χ0v) is 24.0. The van der Waals surface area contributed by atoms with Crippen molar-refractivity contribution in [2.45, 2.75) is 31.6 Å². The SMILES string of the molecule is Cc1cc(S(=O)(=O)O)c(C(C)C)cc1C(=O)OCCOC(=O)c1cc(I)cc(I)c1I. The molecule has 2 rings (SSSR count). The van der Waals surface area contributed by atoms with E-state index in [0.29, 0.717) is 16.7 Å². The fraction of sp³-hybridized carbons (Fsp3) is 0.300. The van der Waals surface area contributed by atoms with E-state index in [1.54, 1.807) is 26.8 Å². The zero-order valence-electron chi connectivity index (χ0n) is 16.7. The largest absolute Gasteiger partial charge is 0.458 e. The van der Waals surface area contributed by atoms with E-state index >= 15 is 0 Å². The van der Waals surface area contributed by atoms with E-state index in [-0.39, 0.29) is 29.6 Å². The number of carbonyl (C=O) groups excluding carboxylic acids is 2. The number of hydrogen-bond acceptors (Lipinski definition) is 6. The molecule has 0 unspecified atom stereocenters. The van der Waals surface area contributed by atoms with Gasteiger partial charge in [-0.2, -0.15) is 8.42 Å². The maximum absolute atomic E-state index is 12.5. The Morgan fingerprint density at radius 3 is 2.03 bits per heavy atom. The molecule has 0 aromatic heterocycles. The Morgan fingerprint density at radius 2 is 1.52 bits per heavy atom. The second-order valence-corrected chi connectivity index (χ2v) is 11.7. The summed E-state index contributed by atoms with van der Waals surface area (Å²) in [6.07, 6.45) is 0. The van der Waals surface area contributed by atoms with Gasteiger partial charge in [-0.15, -0.1) is 0 Å². The Balaban J connectivity index is 2.07. The van der Waals surface area contributed by atoms with E-state index in [4.69, 9.17) is 9.47 Å². The van der Waals surface area contributed by atoms with Gasteiger partial charge in [-0.25, -0.2) is 9.59 Å². The van der Waals surface area contributed by atoms with Gasteiger partial charge in [0.15, 0.2) is 0 Å². The van der Waals surface area contributed by atoms with Gasteiger partial charge in [0, 0.05) is 10.7 Å². The summed E-state index contributed by atoms with van der Waals surface area (Å²) in [6.45, 7) is 4.78. The molecule has 0 amide bonds. The molecule has 0 saturated carbocycles. The Bertz CT molecular complexity index is 1130. The average molecular weight is 784 g/mol. The Labute approximate surface area is 221 Å². The van der Waals surface area contributed by atoms with Crippen molar-refractivity contribution in [3.05, 3.63) is 57.2 Å². The van der Waals surface area contributed by atoms with Gasteiger partial charge in [-0.05, 0) is 116 Å². The summed E-state index contributed by atoms with van der Waals surface area (Å²) >= 11 is 6.34. The highest BCUT2D eigenvalue weighted by molar-refractivity contribution is 14.1. The van der Waals surface area contributed by atoms with Crippen LogP contribution in [0.1, 0.15) is 51.6 Å². The van der Waals surface area contributed by atoms with Gasteiger partial charge >= 0.3 is 11.9 Å². The topological polar surface area (TPSA) is 107 Å². The first-order chi connectivity index (χ1) is 14.3. The highest BCUT2D eigenvalue weighted by Gasteiger charge is 2.23. The molecule has 0 heterocycles. The summed E-state index contributed by atoms with van der Waals surface area (Å²) < 4.78 is 45.8. The van der Waals surface area contributed by atoms with E-state index in [2.05, 4.69) is 67.8 Å². The van der Waals surface area contributed by atoms with Gasteiger partial charge in [0.2, 0.25) is 0 Å². The first kappa shape index (κ1) is 26.7. The lowest BCUT2D eigenvalue weighted by Gasteiger charge is -2.15. The van der Waals surface area contributed by atoms with Crippen molar-refractivity contribution in [1.29, 1.82) is 0 Å². The van der Waals surface area contributed by atoms with Gasteiger partial charge in [-0.1, -0.05) is 13.8 Å². The minimum atomic E-state index is -4.42. The van der Waals surface area contributed by atoms with E-state index in [1.807, 2.05) is 6.07 Å². The quantitative estimate of drug-likeness (QED) is 0.136. The zero-order chi connectivity index (χ0) is 23.5. The predicted molar refractivity (Wildman–Crippen MR) is 140 cm³/mol. The number of rotatable bonds is 7. The number of esters is 2. The predicted octanol–water partition coefficient (Wildman–Crippen LogP) is 5.19. The lowest BCUT2D eigenvalue weighted by atomic mass is 9.97. The van der Waals surface area contributed by atoms with Crippen LogP contribution in [0.15, 0.2) is 29.2 Å². The van der Waals surface area contributed by atoms with Gasteiger partial charge < -0.3 is 9.47 Å².